The maximum Gasteiger partial charge on any atom is 0.325 e. The predicted molar refractivity (Wildman–Crippen MR) is 65.5 cm³/mol. The van der Waals surface area contributed by atoms with Crippen LogP contribution >= 0.6 is 0 Å². The molecule has 0 aliphatic carbocycles. The smallest absolute Gasteiger partial charge is 0.325 e. The molecule has 0 radical (unpaired) electrons. The number of hydrogen-bond acceptors (Lipinski definition) is 4. The van der Waals surface area contributed by atoms with Crippen LogP contribution < -0.4 is 5.73 Å². The molecule has 17 heavy (non-hydrogen) atoms. The maximum absolute atomic E-state index is 11.8. The Morgan fingerprint density at radius 1 is 1.53 bits per heavy atom. The zero-order valence-corrected chi connectivity index (χ0v) is 11.1. The van der Waals surface area contributed by atoms with E-state index in [0.29, 0.717) is 0 Å². The Bertz CT molecular complexity index is 393. The van der Waals surface area contributed by atoms with Gasteiger partial charge in [0.05, 0.1) is 11.7 Å². The van der Waals surface area contributed by atoms with Gasteiger partial charge in [0.15, 0.2) is 0 Å². The van der Waals surface area contributed by atoms with Crippen LogP contribution in [-0.2, 0) is 9.53 Å². The van der Waals surface area contributed by atoms with Crippen LogP contribution in [0.5, 0.6) is 0 Å². The van der Waals surface area contributed by atoms with Gasteiger partial charge in [-0.05, 0) is 40.7 Å². The van der Waals surface area contributed by atoms with E-state index in [1.54, 1.807) is 4.68 Å². The van der Waals surface area contributed by atoms with E-state index in [1.807, 2.05) is 46.9 Å². The van der Waals surface area contributed by atoms with Crippen molar-refractivity contribution in [3.63, 3.8) is 0 Å². The van der Waals surface area contributed by atoms with Crippen LogP contribution in [0.3, 0.4) is 0 Å². The number of carbonyl (C=O) groups is 1. The summed E-state index contributed by atoms with van der Waals surface area (Å²) in [5.41, 5.74) is 6.25. The predicted octanol–water partition coefficient (Wildman–Crippen LogP) is 1.42. The van der Waals surface area contributed by atoms with Gasteiger partial charge in [0.1, 0.15) is 11.6 Å². The second-order valence-corrected chi connectivity index (χ2v) is 5.24. The number of carbonyl (C=O) groups excluding carboxylic acids is 1. The van der Waals surface area contributed by atoms with Gasteiger partial charge in [-0.15, -0.1) is 0 Å². The molecule has 0 spiro atoms. The highest BCUT2D eigenvalue weighted by Gasteiger charge is 2.27. The number of nitrogens with zero attached hydrogens (tertiary/aromatic N) is 2. The first kappa shape index (κ1) is 13.7. The Morgan fingerprint density at radius 3 is 2.53 bits per heavy atom. The molecule has 0 saturated heterocycles. The Balaban J connectivity index is 2.70. The summed E-state index contributed by atoms with van der Waals surface area (Å²) >= 11 is 0. The van der Waals surface area contributed by atoms with Crippen molar-refractivity contribution >= 4 is 5.97 Å². The van der Waals surface area contributed by atoms with E-state index in [-0.39, 0.29) is 6.04 Å². The van der Waals surface area contributed by atoms with Gasteiger partial charge in [0.25, 0.3) is 0 Å². The Morgan fingerprint density at radius 2 is 2.12 bits per heavy atom. The van der Waals surface area contributed by atoms with Crippen LogP contribution in [0.25, 0.3) is 0 Å². The lowest BCUT2D eigenvalue weighted by molar-refractivity contribution is -0.157. The van der Waals surface area contributed by atoms with E-state index >= 15 is 0 Å². The summed E-state index contributed by atoms with van der Waals surface area (Å²) in [7, 11) is 0. The van der Waals surface area contributed by atoms with Crippen LogP contribution in [0.4, 0.5) is 0 Å². The Kier molecular flexibility index (Phi) is 3.93. The van der Waals surface area contributed by atoms with Crippen LogP contribution in [0.1, 0.15) is 39.4 Å². The van der Waals surface area contributed by atoms with Gasteiger partial charge in [-0.1, -0.05) is 0 Å². The van der Waals surface area contributed by atoms with Gasteiger partial charge in [0, 0.05) is 6.20 Å². The van der Waals surface area contributed by atoms with Gasteiger partial charge in [-0.3, -0.25) is 9.48 Å². The molecule has 2 atom stereocenters. The molecule has 2 N–H and O–H groups in total. The van der Waals surface area contributed by atoms with Gasteiger partial charge in [-0.25, -0.2) is 0 Å². The van der Waals surface area contributed by atoms with Gasteiger partial charge >= 0.3 is 5.97 Å². The van der Waals surface area contributed by atoms with Crippen LogP contribution in [0.15, 0.2) is 12.3 Å². The average Bonchev–Trinajstić information content (AvgIpc) is 2.60. The van der Waals surface area contributed by atoms with E-state index in [2.05, 4.69) is 5.10 Å². The molecule has 0 aromatic carbocycles. The van der Waals surface area contributed by atoms with Crippen LogP contribution in [-0.4, -0.2) is 27.4 Å². The number of esters is 1. The number of aryl methyl sites for hydroxylation is 1. The number of ether oxygens (including phenoxy) is 1. The zero-order valence-electron chi connectivity index (χ0n) is 11.1. The summed E-state index contributed by atoms with van der Waals surface area (Å²) in [4.78, 5) is 11.8. The standard InChI is InChI=1S/C12H21N3O2/c1-8-6-7-15(14-8)9(2)10(13)11(16)17-12(3,4)5/h6-7,9-10H,13H2,1-5H3. The molecule has 0 bridgehead atoms. The second kappa shape index (κ2) is 4.87. The van der Waals surface area contributed by atoms with E-state index in [1.165, 1.54) is 0 Å². The van der Waals surface area contributed by atoms with Gasteiger partial charge < -0.3 is 10.5 Å². The van der Waals surface area contributed by atoms with Crippen molar-refractivity contribution in [2.24, 2.45) is 5.73 Å². The third-order valence-corrected chi connectivity index (χ3v) is 2.36. The molecule has 0 aliphatic heterocycles. The molecule has 5 heteroatoms. The molecule has 0 amide bonds. The topological polar surface area (TPSA) is 70.1 Å². The molecule has 2 unspecified atom stereocenters. The number of rotatable bonds is 3. The fourth-order valence-corrected chi connectivity index (χ4v) is 1.39. The Labute approximate surface area is 102 Å². The summed E-state index contributed by atoms with van der Waals surface area (Å²) in [5, 5.41) is 4.24. The van der Waals surface area contributed by atoms with E-state index in [9.17, 15) is 4.79 Å². The lowest BCUT2D eigenvalue weighted by Gasteiger charge is -2.25. The van der Waals surface area contributed by atoms with Crippen molar-refractivity contribution in [1.82, 2.24) is 9.78 Å². The monoisotopic (exact) mass is 239 g/mol. The van der Waals surface area contributed by atoms with Crippen molar-refractivity contribution in [3.05, 3.63) is 18.0 Å². The van der Waals surface area contributed by atoms with Gasteiger partial charge in [-0.2, -0.15) is 5.10 Å². The molecule has 1 aromatic rings. The fourth-order valence-electron chi connectivity index (χ4n) is 1.39. The summed E-state index contributed by atoms with van der Waals surface area (Å²) in [6, 6.07) is 0.935. The molecular weight excluding hydrogens is 218 g/mol. The zero-order chi connectivity index (χ0) is 13.2. The first-order valence-corrected chi connectivity index (χ1v) is 5.71. The molecular formula is C12H21N3O2. The van der Waals surface area contributed by atoms with E-state index < -0.39 is 17.6 Å². The molecule has 5 nitrogen and oxygen atoms in total. The fraction of sp³-hybridized carbons (Fsp3) is 0.667. The molecule has 1 rings (SSSR count). The molecule has 0 fully saturated rings. The first-order chi connectivity index (χ1) is 7.70. The number of hydrogen-bond donors (Lipinski definition) is 1. The van der Waals surface area contributed by atoms with Crippen LogP contribution in [0, 0.1) is 6.92 Å². The third kappa shape index (κ3) is 3.85. The highest BCUT2D eigenvalue weighted by molar-refractivity contribution is 5.76. The van der Waals surface area contributed by atoms with Crippen molar-refractivity contribution in [2.45, 2.75) is 52.3 Å². The normalized spacial score (nSPS) is 15.4. The summed E-state index contributed by atoms with van der Waals surface area (Å²) < 4.78 is 6.93. The minimum Gasteiger partial charge on any atom is -0.459 e. The van der Waals surface area contributed by atoms with Crippen molar-refractivity contribution in [3.8, 4) is 0 Å². The second-order valence-electron chi connectivity index (χ2n) is 5.24. The highest BCUT2D eigenvalue weighted by atomic mass is 16.6. The quantitative estimate of drug-likeness (QED) is 0.810. The minimum absolute atomic E-state index is 0.224. The number of nitrogens with two attached hydrogens (primary N) is 1. The lowest BCUT2D eigenvalue weighted by atomic mass is 10.1. The van der Waals surface area contributed by atoms with Crippen molar-refractivity contribution in [2.75, 3.05) is 0 Å². The number of aromatic nitrogens is 2. The summed E-state index contributed by atoms with van der Waals surface area (Å²) in [5.74, 6) is -0.404. The highest BCUT2D eigenvalue weighted by Crippen LogP contribution is 2.14. The molecule has 1 aromatic heterocycles. The largest absolute Gasteiger partial charge is 0.459 e. The average molecular weight is 239 g/mol. The van der Waals surface area contributed by atoms with Crippen molar-refractivity contribution < 1.29 is 9.53 Å². The molecule has 0 saturated carbocycles. The van der Waals surface area contributed by atoms with E-state index in [4.69, 9.17) is 10.5 Å². The summed E-state index contributed by atoms with van der Waals surface area (Å²) in [6.45, 7) is 9.20. The SMILES string of the molecule is Cc1ccn(C(C)C(N)C(=O)OC(C)(C)C)n1. The van der Waals surface area contributed by atoms with Crippen LogP contribution in [0.2, 0.25) is 0 Å². The maximum atomic E-state index is 11.8. The third-order valence-electron chi connectivity index (χ3n) is 2.36. The summed E-state index contributed by atoms with van der Waals surface area (Å²) in [6.07, 6.45) is 1.81. The molecule has 96 valence electrons. The Hall–Kier alpha value is -1.36. The minimum atomic E-state index is -0.714. The molecule has 0 aliphatic rings. The van der Waals surface area contributed by atoms with Gasteiger partial charge in [0.2, 0.25) is 0 Å². The van der Waals surface area contributed by atoms with E-state index in [0.717, 1.165) is 5.69 Å². The lowest BCUT2D eigenvalue weighted by Crippen LogP contribution is -2.42. The van der Waals surface area contributed by atoms with Crippen molar-refractivity contribution in [1.29, 1.82) is 0 Å². The first-order valence-electron chi connectivity index (χ1n) is 5.71. The molecule has 1 heterocycles.